The number of aromatic nitrogens is 3. The molecule has 0 spiro atoms. The van der Waals surface area contributed by atoms with Gasteiger partial charge in [-0.2, -0.15) is 5.10 Å². The monoisotopic (exact) mass is 365 g/mol. The maximum atomic E-state index is 12.1. The van der Waals surface area contributed by atoms with Crippen LogP contribution in [0.1, 0.15) is 27.5 Å². The first-order valence-electron chi connectivity index (χ1n) is 7.05. The van der Waals surface area contributed by atoms with Gasteiger partial charge in [-0.3, -0.25) is 0 Å². The van der Waals surface area contributed by atoms with Crippen LogP contribution in [0.15, 0.2) is 35.1 Å². The summed E-state index contributed by atoms with van der Waals surface area (Å²) in [6.45, 7) is 4.04. The molecule has 0 N–H and O–H groups in total. The number of nitrogens with zero attached hydrogens (tertiary/aromatic N) is 3. The number of esters is 1. The third-order valence-corrected chi connectivity index (χ3v) is 4.22. The highest BCUT2D eigenvalue weighted by atomic mass is 35.5. The molecule has 0 radical (unpaired) electrons. The molecule has 0 aliphatic heterocycles. The van der Waals surface area contributed by atoms with E-state index in [4.69, 9.17) is 32.4 Å². The SMILES string of the molecule is Cc1nn(Cc2ccc(Cl)c(Cl)c2)c(OC(=O)c2ncco2)c1C. The van der Waals surface area contributed by atoms with E-state index in [0.717, 1.165) is 16.8 Å². The van der Waals surface area contributed by atoms with Gasteiger partial charge in [0.25, 0.3) is 0 Å². The van der Waals surface area contributed by atoms with Crippen LogP contribution >= 0.6 is 23.2 Å². The van der Waals surface area contributed by atoms with E-state index in [2.05, 4.69) is 10.1 Å². The molecule has 0 aliphatic rings. The first-order chi connectivity index (χ1) is 11.5. The van der Waals surface area contributed by atoms with Crippen molar-refractivity contribution in [2.24, 2.45) is 0 Å². The van der Waals surface area contributed by atoms with Gasteiger partial charge in [0.1, 0.15) is 6.26 Å². The Labute approximate surface area is 148 Å². The van der Waals surface area contributed by atoms with Crippen molar-refractivity contribution in [2.75, 3.05) is 0 Å². The van der Waals surface area contributed by atoms with Crippen LogP contribution in [-0.2, 0) is 6.54 Å². The molecule has 0 fully saturated rings. The highest BCUT2D eigenvalue weighted by Crippen LogP contribution is 2.26. The third-order valence-electron chi connectivity index (χ3n) is 3.48. The van der Waals surface area contributed by atoms with Gasteiger partial charge in [0.05, 0.1) is 28.5 Å². The van der Waals surface area contributed by atoms with Gasteiger partial charge in [-0.05, 0) is 31.5 Å². The molecule has 3 aromatic rings. The highest BCUT2D eigenvalue weighted by Gasteiger charge is 2.20. The zero-order chi connectivity index (χ0) is 17.3. The third kappa shape index (κ3) is 3.29. The molecule has 0 saturated carbocycles. The van der Waals surface area contributed by atoms with Gasteiger partial charge in [-0.1, -0.05) is 29.3 Å². The van der Waals surface area contributed by atoms with Gasteiger partial charge in [0.2, 0.25) is 5.88 Å². The lowest BCUT2D eigenvalue weighted by atomic mass is 10.2. The molecule has 8 heteroatoms. The molecule has 0 unspecified atom stereocenters. The Morgan fingerprint density at radius 1 is 1.29 bits per heavy atom. The molecule has 0 bridgehead atoms. The van der Waals surface area contributed by atoms with Crippen molar-refractivity contribution < 1.29 is 13.9 Å². The first kappa shape index (κ1) is 16.5. The minimum atomic E-state index is -0.682. The van der Waals surface area contributed by atoms with Crippen LogP contribution in [0.4, 0.5) is 0 Å². The molecule has 2 aromatic heterocycles. The lowest BCUT2D eigenvalue weighted by molar-refractivity contribution is 0.0675. The second-order valence-electron chi connectivity index (χ2n) is 5.15. The Hall–Kier alpha value is -2.31. The molecular weight excluding hydrogens is 353 g/mol. The lowest BCUT2D eigenvalue weighted by Gasteiger charge is -2.09. The predicted molar refractivity (Wildman–Crippen MR) is 88.7 cm³/mol. The Bertz CT molecular complexity index is 888. The average molecular weight is 366 g/mol. The Morgan fingerprint density at radius 3 is 2.75 bits per heavy atom. The van der Waals surface area contributed by atoms with Crippen molar-refractivity contribution in [2.45, 2.75) is 20.4 Å². The molecule has 2 heterocycles. The fourth-order valence-electron chi connectivity index (χ4n) is 2.15. The van der Waals surface area contributed by atoms with Crippen molar-refractivity contribution in [3.8, 4) is 5.88 Å². The molecule has 3 rings (SSSR count). The van der Waals surface area contributed by atoms with Crippen LogP contribution in [0.5, 0.6) is 5.88 Å². The molecule has 0 amide bonds. The predicted octanol–water partition coefficient (Wildman–Crippen LogP) is 4.06. The Kier molecular flexibility index (Phi) is 4.59. The van der Waals surface area contributed by atoms with Crippen LogP contribution in [0.3, 0.4) is 0 Å². The summed E-state index contributed by atoms with van der Waals surface area (Å²) < 4.78 is 12.0. The van der Waals surface area contributed by atoms with Crippen LogP contribution in [-0.4, -0.2) is 20.7 Å². The largest absolute Gasteiger partial charge is 0.440 e. The van der Waals surface area contributed by atoms with Crippen LogP contribution < -0.4 is 4.74 Å². The number of ether oxygens (including phenoxy) is 1. The molecule has 0 aliphatic carbocycles. The number of benzene rings is 1. The molecule has 24 heavy (non-hydrogen) atoms. The van der Waals surface area contributed by atoms with Crippen LogP contribution in [0.2, 0.25) is 10.0 Å². The Balaban J connectivity index is 1.89. The van der Waals surface area contributed by atoms with E-state index in [1.807, 2.05) is 19.9 Å². The number of hydrogen-bond donors (Lipinski definition) is 0. The van der Waals surface area contributed by atoms with Gasteiger partial charge >= 0.3 is 11.9 Å². The first-order valence-corrected chi connectivity index (χ1v) is 7.81. The molecule has 0 saturated heterocycles. The second kappa shape index (κ2) is 6.67. The minimum Gasteiger partial charge on any atom is -0.440 e. The summed E-state index contributed by atoms with van der Waals surface area (Å²) in [6, 6.07) is 5.29. The van der Waals surface area contributed by atoms with Gasteiger partial charge in [-0.25, -0.2) is 14.5 Å². The lowest BCUT2D eigenvalue weighted by Crippen LogP contribution is -2.14. The summed E-state index contributed by atoms with van der Waals surface area (Å²) >= 11 is 12.0. The smallest absolute Gasteiger partial charge is 0.401 e. The molecule has 124 valence electrons. The Morgan fingerprint density at radius 2 is 2.08 bits per heavy atom. The van der Waals surface area contributed by atoms with Gasteiger partial charge < -0.3 is 9.15 Å². The molecule has 1 aromatic carbocycles. The van der Waals surface area contributed by atoms with Gasteiger partial charge in [0, 0.05) is 5.56 Å². The molecule has 6 nitrogen and oxygen atoms in total. The zero-order valence-corrected chi connectivity index (χ0v) is 14.4. The fourth-order valence-corrected chi connectivity index (χ4v) is 2.47. The number of carbonyl (C=O) groups is 1. The molecule has 0 atom stereocenters. The topological polar surface area (TPSA) is 70.2 Å². The van der Waals surface area contributed by atoms with E-state index in [-0.39, 0.29) is 5.89 Å². The van der Waals surface area contributed by atoms with E-state index >= 15 is 0 Å². The number of carbonyl (C=O) groups excluding carboxylic acids is 1. The van der Waals surface area contributed by atoms with E-state index < -0.39 is 5.97 Å². The average Bonchev–Trinajstić information content (AvgIpc) is 3.16. The highest BCUT2D eigenvalue weighted by molar-refractivity contribution is 6.42. The molecular formula is C16H13Cl2N3O3. The summed E-state index contributed by atoms with van der Waals surface area (Å²) in [5, 5.41) is 5.33. The van der Waals surface area contributed by atoms with Gasteiger partial charge in [-0.15, -0.1) is 0 Å². The van der Waals surface area contributed by atoms with Gasteiger partial charge in [0.15, 0.2) is 0 Å². The van der Waals surface area contributed by atoms with Crippen LogP contribution in [0, 0.1) is 13.8 Å². The normalized spacial score (nSPS) is 10.8. The minimum absolute atomic E-state index is 0.116. The standard InChI is InChI=1S/C16H13Cl2N3O3/c1-9-10(2)20-21(8-11-3-4-12(17)13(18)7-11)15(9)24-16(22)14-19-5-6-23-14/h3-7H,8H2,1-2H3. The second-order valence-corrected chi connectivity index (χ2v) is 5.96. The maximum absolute atomic E-state index is 12.1. The fraction of sp³-hybridized carbons (Fsp3) is 0.188. The quantitative estimate of drug-likeness (QED) is 0.651. The van der Waals surface area contributed by atoms with Crippen molar-refractivity contribution in [3.63, 3.8) is 0 Å². The number of hydrogen-bond acceptors (Lipinski definition) is 5. The summed E-state index contributed by atoms with van der Waals surface area (Å²) in [5.41, 5.74) is 2.39. The van der Waals surface area contributed by atoms with Crippen molar-refractivity contribution >= 4 is 29.2 Å². The van der Waals surface area contributed by atoms with Crippen molar-refractivity contribution in [1.29, 1.82) is 0 Å². The number of aryl methyl sites for hydroxylation is 1. The maximum Gasteiger partial charge on any atom is 0.401 e. The summed E-state index contributed by atoms with van der Waals surface area (Å²) in [5.74, 6) is -0.463. The van der Waals surface area contributed by atoms with Crippen LogP contribution in [0.25, 0.3) is 0 Å². The number of rotatable bonds is 4. The van der Waals surface area contributed by atoms with Crippen molar-refractivity contribution in [1.82, 2.24) is 14.8 Å². The van der Waals surface area contributed by atoms with E-state index in [9.17, 15) is 4.79 Å². The van der Waals surface area contributed by atoms with E-state index in [1.165, 1.54) is 12.5 Å². The zero-order valence-electron chi connectivity index (χ0n) is 12.9. The number of halogens is 2. The summed E-state index contributed by atoms with van der Waals surface area (Å²) in [7, 11) is 0. The van der Waals surface area contributed by atoms with Crippen molar-refractivity contribution in [3.05, 3.63) is 63.4 Å². The summed E-state index contributed by atoms with van der Waals surface area (Å²) in [4.78, 5) is 15.9. The summed E-state index contributed by atoms with van der Waals surface area (Å²) in [6.07, 6.45) is 2.68. The van der Waals surface area contributed by atoms with E-state index in [0.29, 0.717) is 22.5 Å². The number of oxazole rings is 1. The van der Waals surface area contributed by atoms with E-state index in [1.54, 1.807) is 16.8 Å².